The van der Waals surface area contributed by atoms with Crippen LogP contribution in [0.15, 0.2) is 24.4 Å². The summed E-state index contributed by atoms with van der Waals surface area (Å²) in [6.45, 7) is 2.35. The van der Waals surface area contributed by atoms with E-state index in [0.29, 0.717) is 11.6 Å². The van der Waals surface area contributed by atoms with Crippen molar-refractivity contribution in [3.8, 4) is 11.5 Å². The number of alkyl halides is 1. The Morgan fingerprint density at radius 2 is 2.11 bits per heavy atom. The van der Waals surface area contributed by atoms with Gasteiger partial charge in [0, 0.05) is 29.5 Å². The van der Waals surface area contributed by atoms with Crippen molar-refractivity contribution in [3.05, 3.63) is 24.4 Å². The molecule has 1 unspecified atom stereocenters. The number of hydrogen-bond donors (Lipinski definition) is 0. The fraction of sp³-hybridized carbons (Fsp3) is 0.357. The minimum Gasteiger partial charge on any atom is -0.454 e. The van der Waals surface area contributed by atoms with E-state index in [9.17, 15) is 0 Å². The van der Waals surface area contributed by atoms with Gasteiger partial charge >= 0.3 is 0 Å². The molecule has 19 heavy (non-hydrogen) atoms. The molecule has 4 rings (SSSR count). The summed E-state index contributed by atoms with van der Waals surface area (Å²) in [5, 5.41) is 2.28. The van der Waals surface area contributed by atoms with E-state index in [4.69, 9.17) is 9.47 Å². The highest BCUT2D eigenvalue weighted by Crippen LogP contribution is 2.39. The minimum atomic E-state index is 0.307. The van der Waals surface area contributed by atoms with Gasteiger partial charge in [-0.2, -0.15) is 0 Å². The Morgan fingerprint density at radius 1 is 1.26 bits per heavy atom. The highest BCUT2D eigenvalue weighted by atomic mass is 79.9. The molecule has 2 aliphatic rings. The van der Waals surface area contributed by atoms with Gasteiger partial charge in [-0.3, -0.25) is 0 Å². The molecule has 0 radical (unpaired) electrons. The van der Waals surface area contributed by atoms with Gasteiger partial charge in [0.1, 0.15) is 5.82 Å². The number of fused-ring (bicyclic) bond motifs is 2. The van der Waals surface area contributed by atoms with Gasteiger partial charge in [0.2, 0.25) is 6.79 Å². The van der Waals surface area contributed by atoms with Gasteiger partial charge in [-0.05, 0) is 30.0 Å². The quantitative estimate of drug-likeness (QED) is 0.757. The van der Waals surface area contributed by atoms with Crippen LogP contribution in [0.3, 0.4) is 0 Å². The molecule has 2 aliphatic heterocycles. The van der Waals surface area contributed by atoms with Crippen molar-refractivity contribution >= 4 is 32.5 Å². The molecule has 1 atom stereocenters. The molecule has 4 nitrogen and oxygen atoms in total. The fourth-order valence-electron chi connectivity index (χ4n) is 2.71. The zero-order valence-electron chi connectivity index (χ0n) is 10.3. The number of rotatable bonds is 1. The lowest BCUT2D eigenvalue weighted by molar-refractivity contribution is 0.174. The van der Waals surface area contributed by atoms with Crippen LogP contribution in [0.4, 0.5) is 5.82 Å². The van der Waals surface area contributed by atoms with Crippen LogP contribution in [0.25, 0.3) is 10.8 Å². The maximum atomic E-state index is 5.47. The van der Waals surface area contributed by atoms with Crippen LogP contribution >= 0.6 is 15.9 Å². The summed E-state index contributed by atoms with van der Waals surface area (Å²) in [4.78, 5) is 7.44. The number of anilines is 1. The highest BCUT2D eigenvalue weighted by Gasteiger charge is 2.24. The molecular weight excluding hydrogens is 308 g/mol. The van der Waals surface area contributed by atoms with Crippen molar-refractivity contribution in [3.63, 3.8) is 0 Å². The summed E-state index contributed by atoms with van der Waals surface area (Å²) in [6.07, 6.45) is 3.02. The van der Waals surface area contributed by atoms with Gasteiger partial charge in [0.25, 0.3) is 0 Å². The largest absolute Gasteiger partial charge is 0.454 e. The number of halogens is 1. The van der Waals surface area contributed by atoms with Gasteiger partial charge in [0.15, 0.2) is 11.5 Å². The first-order valence-corrected chi connectivity index (χ1v) is 7.30. The number of ether oxygens (including phenoxy) is 2. The predicted molar refractivity (Wildman–Crippen MR) is 77.4 cm³/mol. The molecule has 0 saturated carbocycles. The van der Waals surface area contributed by atoms with E-state index in [2.05, 4.69) is 25.8 Å². The van der Waals surface area contributed by atoms with E-state index < -0.39 is 0 Å². The summed E-state index contributed by atoms with van der Waals surface area (Å²) in [7, 11) is 0. The van der Waals surface area contributed by atoms with Gasteiger partial charge in [-0.1, -0.05) is 15.9 Å². The van der Waals surface area contributed by atoms with Gasteiger partial charge in [-0.15, -0.1) is 0 Å². The first-order valence-electron chi connectivity index (χ1n) is 6.38. The lowest BCUT2D eigenvalue weighted by atomic mass is 10.1. The summed E-state index contributed by atoms with van der Waals surface area (Å²) < 4.78 is 10.9. The zero-order chi connectivity index (χ0) is 12.8. The number of nitrogens with zero attached hydrogens (tertiary/aromatic N) is 2. The third kappa shape index (κ3) is 1.84. The standard InChI is InChI=1S/C14H13BrN2O2/c15-10-2-4-17(7-10)14-11-6-13-12(18-8-19-13)5-9(11)1-3-16-14/h1,3,5-6,10H,2,4,7-8H2. The third-order valence-electron chi connectivity index (χ3n) is 3.67. The molecule has 0 spiro atoms. The van der Waals surface area contributed by atoms with Crippen LogP contribution in [0.1, 0.15) is 6.42 Å². The zero-order valence-corrected chi connectivity index (χ0v) is 11.9. The molecule has 1 fully saturated rings. The molecule has 3 heterocycles. The molecule has 0 aliphatic carbocycles. The molecule has 0 bridgehead atoms. The van der Waals surface area contributed by atoms with Gasteiger partial charge in [-0.25, -0.2) is 4.98 Å². The molecular formula is C14H13BrN2O2. The molecule has 5 heteroatoms. The van der Waals surface area contributed by atoms with Crippen molar-refractivity contribution in [2.45, 2.75) is 11.2 Å². The monoisotopic (exact) mass is 320 g/mol. The van der Waals surface area contributed by atoms with E-state index in [0.717, 1.165) is 47.6 Å². The van der Waals surface area contributed by atoms with Crippen LogP contribution in [0, 0.1) is 0 Å². The van der Waals surface area contributed by atoms with E-state index in [-0.39, 0.29) is 0 Å². The number of pyridine rings is 1. The first-order chi connectivity index (χ1) is 9.31. The number of aromatic nitrogens is 1. The second kappa shape index (κ2) is 4.27. The second-order valence-electron chi connectivity index (χ2n) is 4.89. The molecule has 1 saturated heterocycles. The lowest BCUT2D eigenvalue weighted by Crippen LogP contribution is -2.20. The Balaban J connectivity index is 1.86. The van der Waals surface area contributed by atoms with Crippen molar-refractivity contribution in [1.29, 1.82) is 0 Å². The summed E-state index contributed by atoms with van der Waals surface area (Å²) >= 11 is 3.68. The first kappa shape index (κ1) is 11.3. The smallest absolute Gasteiger partial charge is 0.231 e. The summed E-state index contributed by atoms with van der Waals surface area (Å²) in [5.74, 6) is 2.68. The molecule has 0 amide bonds. The van der Waals surface area contributed by atoms with Crippen molar-refractivity contribution in [2.75, 3.05) is 24.8 Å². The van der Waals surface area contributed by atoms with Crippen molar-refractivity contribution in [1.82, 2.24) is 4.98 Å². The van der Waals surface area contributed by atoms with E-state index in [1.165, 1.54) is 0 Å². The number of benzene rings is 1. The maximum Gasteiger partial charge on any atom is 0.231 e. The Bertz CT molecular complexity index is 647. The topological polar surface area (TPSA) is 34.6 Å². The minimum absolute atomic E-state index is 0.307. The maximum absolute atomic E-state index is 5.47. The summed E-state index contributed by atoms with van der Waals surface area (Å²) in [6, 6.07) is 6.09. The second-order valence-corrected chi connectivity index (χ2v) is 6.19. The van der Waals surface area contributed by atoms with Crippen LogP contribution in [0.2, 0.25) is 0 Å². The fourth-order valence-corrected chi connectivity index (χ4v) is 3.26. The van der Waals surface area contributed by atoms with E-state index in [1.807, 2.05) is 24.4 Å². The molecule has 1 aromatic carbocycles. The third-order valence-corrected chi connectivity index (χ3v) is 4.41. The lowest BCUT2D eigenvalue weighted by Gasteiger charge is -2.18. The van der Waals surface area contributed by atoms with Crippen LogP contribution < -0.4 is 14.4 Å². The Hall–Kier alpha value is -1.49. The van der Waals surface area contributed by atoms with Crippen molar-refractivity contribution < 1.29 is 9.47 Å². The van der Waals surface area contributed by atoms with E-state index >= 15 is 0 Å². The predicted octanol–water partition coefficient (Wildman–Crippen LogP) is 2.94. The van der Waals surface area contributed by atoms with E-state index in [1.54, 1.807) is 0 Å². The van der Waals surface area contributed by atoms with Gasteiger partial charge in [0.05, 0.1) is 0 Å². The molecule has 1 aromatic heterocycles. The SMILES string of the molecule is BrC1CCN(c2nccc3cc4c(cc23)OCO4)C1. The molecule has 2 aromatic rings. The molecule has 0 N–H and O–H groups in total. The summed E-state index contributed by atoms with van der Waals surface area (Å²) in [5.41, 5.74) is 0. The van der Waals surface area contributed by atoms with Crippen LogP contribution in [-0.2, 0) is 0 Å². The van der Waals surface area contributed by atoms with Crippen LogP contribution in [-0.4, -0.2) is 29.7 Å². The highest BCUT2D eigenvalue weighted by molar-refractivity contribution is 9.09. The average molecular weight is 321 g/mol. The number of hydrogen-bond acceptors (Lipinski definition) is 4. The normalized spacial score (nSPS) is 21.3. The van der Waals surface area contributed by atoms with Crippen LogP contribution in [0.5, 0.6) is 11.5 Å². The Labute approximate surface area is 119 Å². The van der Waals surface area contributed by atoms with Gasteiger partial charge < -0.3 is 14.4 Å². The Morgan fingerprint density at radius 3 is 2.89 bits per heavy atom. The van der Waals surface area contributed by atoms with Crippen molar-refractivity contribution in [2.24, 2.45) is 0 Å². The molecule has 98 valence electrons. The average Bonchev–Trinajstić information content (AvgIpc) is 3.03. The Kier molecular flexibility index (Phi) is 2.55.